The molecule has 0 aliphatic carbocycles. The van der Waals surface area contributed by atoms with E-state index in [-0.39, 0.29) is 17.3 Å². The fourth-order valence-electron chi connectivity index (χ4n) is 2.82. The summed E-state index contributed by atoms with van der Waals surface area (Å²) in [4.78, 5) is 31.5. The first-order valence-electron chi connectivity index (χ1n) is 8.20. The quantitative estimate of drug-likeness (QED) is 0.337. The number of amides is 1. The molecule has 0 aromatic heterocycles. The fraction of sp³-hybridized carbons (Fsp3) is 0.167. The minimum absolute atomic E-state index is 0.0900. The van der Waals surface area contributed by atoms with Crippen LogP contribution in [0.1, 0.15) is 5.56 Å². The molecule has 0 unspecified atom stereocenters. The lowest BCUT2D eigenvalue weighted by molar-refractivity contribution is -0.384. The van der Waals surface area contributed by atoms with Crippen molar-refractivity contribution in [1.29, 1.82) is 0 Å². The van der Waals surface area contributed by atoms with Gasteiger partial charge in [-0.1, -0.05) is 12.2 Å². The lowest BCUT2D eigenvalue weighted by Gasteiger charge is -2.21. The number of carbonyl (C=O) groups excluding carboxylic acids is 1. The first-order chi connectivity index (χ1) is 13.3. The molecule has 0 saturated heterocycles. The Morgan fingerprint density at radius 2 is 1.96 bits per heavy atom. The highest BCUT2D eigenvalue weighted by Gasteiger charge is 2.35. The minimum Gasteiger partial charge on any atom is -0.341 e. The van der Waals surface area contributed by atoms with Crippen molar-refractivity contribution in [2.24, 2.45) is 4.99 Å². The van der Waals surface area contributed by atoms with Gasteiger partial charge in [-0.15, -0.1) is 12.6 Å². The van der Waals surface area contributed by atoms with Crippen molar-refractivity contribution in [1.82, 2.24) is 4.90 Å². The molecule has 28 heavy (non-hydrogen) atoms. The molecule has 10 heteroatoms. The Bertz CT molecular complexity index is 989. The van der Waals surface area contributed by atoms with Gasteiger partial charge in [0.25, 0.3) is 11.6 Å². The standard InChI is InChI=1S/C18H17N5O3S2/c1-21(2)10-22-15-8-7-13(23(25)26)9-14(15)16(17(22)24)19-11-3-5-12(6-4-11)20-18(27)28/h3-9H,10H2,1-2H3,(H2,20,27,28). The summed E-state index contributed by atoms with van der Waals surface area (Å²) < 4.78 is 0.339. The molecule has 0 spiro atoms. The van der Waals surface area contributed by atoms with E-state index >= 15 is 0 Å². The number of benzene rings is 2. The molecule has 2 aromatic rings. The molecule has 1 N–H and O–H groups in total. The van der Waals surface area contributed by atoms with E-state index in [4.69, 9.17) is 12.2 Å². The molecule has 144 valence electrons. The van der Waals surface area contributed by atoms with Crippen LogP contribution in [0.15, 0.2) is 47.5 Å². The molecule has 0 saturated carbocycles. The van der Waals surface area contributed by atoms with Crippen LogP contribution >= 0.6 is 24.8 Å². The van der Waals surface area contributed by atoms with Gasteiger partial charge in [0, 0.05) is 23.4 Å². The van der Waals surface area contributed by atoms with Gasteiger partial charge in [-0.3, -0.25) is 24.7 Å². The Morgan fingerprint density at radius 3 is 2.54 bits per heavy atom. The highest BCUT2D eigenvalue weighted by Crippen LogP contribution is 2.33. The summed E-state index contributed by atoms with van der Waals surface area (Å²) in [5.41, 5.74) is 2.41. The molecule has 1 aliphatic rings. The smallest absolute Gasteiger partial charge is 0.278 e. The second-order valence-corrected chi connectivity index (χ2v) is 7.51. The third kappa shape index (κ3) is 4.19. The van der Waals surface area contributed by atoms with Gasteiger partial charge in [0.2, 0.25) is 0 Å². The summed E-state index contributed by atoms with van der Waals surface area (Å²) in [6, 6.07) is 11.3. The molecule has 0 radical (unpaired) electrons. The lowest BCUT2D eigenvalue weighted by Crippen LogP contribution is -2.37. The Balaban J connectivity index is 2.03. The zero-order valence-electron chi connectivity index (χ0n) is 15.1. The van der Waals surface area contributed by atoms with Crippen LogP contribution in [0, 0.1) is 10.1 Å². The summed E-state index contributed by atoms with van der Waals surface area (Å²) in [5, 5.41) is 14.1. The molecular formula is C18H17N5O3S2. The van der Waals surface area contributed by atoms with Gasteiger partial charge in [0.1, 0.15) is 10.0 Å². The number of nitro benzene ring substituents is 1. The number of rotatable bonds is 5. The highest BCUT2D eigenvalue weighted by molar-refractivity contribution is 8.11. The molecule has 1 heterocycles. The van der Waals surface area contributed by atoms with Crippen molar-refractivity contribution in [3.05, 3.63) is 58.1 Å². The number of non-ortho nitro benzene ring substituents is 1. The van der Waals surface area contributed by atoms with Crippen LogP contribution in [0.4, 0.5) is 22.7 Å². The highest BCUT2D eigenvalue weighted by atomic mass is 32.1. The van der Waals surface area contributed by atoms with Crippen molar-refractivity contribution in [2.45, 2.75) is 0 Å². The Hall–Kier alpha value is -2.82. The number of anilines is 2. The number of nitro groups is 1. The van der Waals surface area contributed by atoms with E-state index < -0.39 is 4.92 Å². The number of aliphatic imine (C=N–C) groups is 1. The zero-order valence-corrected chi connectivity index (χ0v) is 16.8. The van der Waals surface area contributed by atoms with E-state index in [1.807, 2.05) is 19.0 Å². The van der Waals surface area contributed by atoms with Crippen LogP contribution in [-0.4, -0.2) is 46.5 Å². The zero-order chi connectivity index (χ0) is 20.4. The van der Waals surface area contributed by atoms with E-state index in [1.165, 1.54) is 12.1 Å². The van der Waals surface area contributed by atoms with Crippen LogP contribution < -0.4 is 10.2 Å². The molecule has 2 aromatic carbocycles. The predicted octanol–water partition coefficient (Wildman–Crippen LogP) is 3.21. The van der Waals surface area contributed by atoms with Crippen molar-refractivity contribution < 1.29 is 9.72 Å². The number of thiol groups is 1. The molecule has 1 aliphatic heterocycles. The molecule has 1 amide bonds. The fourth-order valence-corrected chi connectivity index (χ4v) is 3.07. The van der Waals surface area contributed by atoms with Crippen molar-refractivity contribution >= 4 is 63.5 Å². The van der Waals surface area contributed by atoms with Gasteiger partial charge in [-0.05, 0) is 44.4 Å². The van der Waals surface area contributed by atoms with Gasteiger partial charge in [-0.25, -0.2) is 4.99 Å². The van der Waals surface area contributed by atoms with E-state index in [2.05, 4.69) is 22.9 Å². The van der Waals surface area contributed by atoms with Crippen LogP contribution in [0.5, 0.6) is 0 Å². The van der Waals surface area contributed by atoms with Crippen molar-refractivity contribution in [2.75, 3.05) is 31.0 Å². The largest absolute Gasteiger partial charge is 0.341 e. The number of nitrogens with zero attached hydrogens (tertiary/aromatic N) is 4. The molecule has 0 atom stereocenters. The molecule has 0 bridgehead atoms. The SMILES string of the molecule is CN(C)CN1C(=O)C(=Nc2ccc(NC(=S)S)cc2)c2cc([N+](=O)[O-])ccc21. The number of nitrogens with one attached hydrogen (secondary N) is 1. The van der Waals surface area contributed by atoms with Gasteiger partial charge >= 0.3 is 0 Å². The average Bonchev–Trinajstić information content (AvgIpc) is 2.87. The maximum atomic E-state index is 13.0. The number of carbonyl (C=O) groups is 1. The van der Waals surface area contributed by atoms with E-state index in [1.54, 1.807) is 35.2 Å². The number of fused-ring (bicyclic) bond motifs is 1. The summed E-state index contributed by atoms with van der Waals surface area (Å²) in [6.45, 7) is 0.338. The molecule has 0 fully saturated rings. The Kier molecular flexibility index (Phi) is 5.73. The monoisotopic (exact) mass is 415 g/mol. The lowest BCUT2D eigenvalue weighted by atomic mass is 10.1. The predicted molar refractivity (Wildman–Crippen MR) is 117 cm³/mol. The van der Waals surface area contributed by atoms with Crippen LogP contribution in [0.3, 0.4) is 0 Å². The molecule has 3 rings (SSSR count). The van der Waals surface area contributed by atoms with E-state index in [0.29, 0.717) is 27.9 Å². The van der Waals surface area contributed by atoms with Crippen molar-refractivity contribution in [3.63, 3.8) is 0 Å². The summed E-state index contributed by atoms with van der Waals surface area (Å²) in [5.74, 6) is -0.303. The second kappa shape index (κ2) is 8.05. The molecule has 8 nitrogen and oxygen atoms in total. The average molecular weight is 416 g/mol. The third-order valence-corrected chi connectivity index (χ3v) is 4.18. The summed E-state index contributed by atoms with van der Waals surface area (Å²) in [7, 11) is 3.68. The van der Waals surface area contributed by atoms with Crippen LogP contribution in [0.2, 0.25) is 0 Å². The number of hydrogen-bond acceptors (Lipinski definition) is 6. The maximum absolute atomic E-state index is 13.0. The van der Waals surface area contributed by atoms with Crippen LogP contribution in [0.25, 0.3) is 0 Å². The first kappa shape index (κ1) is 19.9. The number of thiocarbonyl (C=S) groups is 1. The van der Waals surface area contributed by atoms with E-state index in [0.717, 1.165) is 5.69 Å². The summed E-state index contributed by atoms with van der Waals surface area (Å²) in [6.07, 6.45) is 0. The second-order valence-electron chi connectivity index (χ2n) is 6.35. The molecular weight excluding hydrogens is 398 g/mol. The normalized spacial score (nSPS) is 14.5. The van der Waals surface area contributed by atoms with E-state index in [9.17, 15) is 14.9 Å². The first-order valence-corrected chi connectivity index (χ1v) is 9.06. The summed E-state index contributed by atoms with van der Waals surface area (Å²) >= 11 is 8.90. The van der Waals surface area contributed by atoms with Crippen LogP contribution in [-0.2, 0) is 4.79 Å². The minimum atomic E-state index is -0.488. The van der Waals surface area contributed by atoms with Gasteiger partial charge in [0.05, 0.1) is 23.0 Å². The van der Waals surface area contributed by atoms with Crippen molar-refractivity contribution in [3.8, 4) is 0 Å². The van der Waals surface area contributed by atoms with Gasteiger partial charge in [0.15, 0.2) is 0 Å². The third-order valence-electron chi connectivity index (χ3n) is 3.97. The number of hydrogen-bond donors (Lipinski definition) is 2. The van der Waals surface area contributed by atoms with Gasteiger partial charge in [-0.2, -0.15) is 0 Å². The topological polar surface area (TPSA) is 91.1 Å². The Morgan fingerprint density at radius 1 is 1.29 bits per heavy atom. The van der Waals surface area contributed by atoms with Gasteiger partial charge < -0.3 is 5.32 Å². The Labute approximate surface area is 172 Å². The maximum Gasteiger partial charge on any atom is 0.278 e.